The molecule has 9 heteroatoms. The number of rotatable bonds is 9. The quantitative estimate of drug-likeness (QED) is 0.338. The lowest BCUT2D eigenvalue weighted by molar-refractivity contribution is -0.137. The van der Waals surface area contributed by atoms with Crippen LogP contribution in [0.5, 0.6) is 5.75 Å². The molecular weight excluding hydrogens is 444 g/mol. The van der Waals surface area contributed by atoms with Crippen LogP contribution in [-0.4, -0.2) is 44.0 Å². The first-order valence-electron chi connectivity index (χ1n) is 11.8. The molecule has 9 nitrogen and oxygen atoms in total. The molecule has 1 unspecified atom stereocenters. The number of nitrogens with two attached hydrogens (primary N) is 1. The van der Waals surface area contributed by atoms with E-state index in [4.69, 9.17) is 15.5 Å². The number of aliphatic carboxylic acids is 1. The smallest absolute Gasteiger partial charge is 0.305 e. The SMILES string of the molecule is NCc1cncc(C(CC(=O)O)n2ncc3cc(OCCc4ccc5c(n4)NCCC5)ccc32)c1. The molecule has 0 amide bonds. The molecule has 1 aliphatic rings. The van der Waals surface area contributed by atoms with E-state index in [9.17, 15) is 9.90 Å². The number of fused-ring (bicyclic) bond motifs is 2. The molecule has 0 saturated heterocycles. The number of aromatic nitrogens is 4. The van der Waals surface area contributed by atoms with Gasteiger partial charge in [-0.3, -0.25) is 14.5 Å². The molecule has 0 bridgehead atoms. The number of nitrogens with one attached hydrogen (secondary N) is 1. The van der Waals surface area contributed by atoms with Crippen molar-refractivity contribution in [1.82, 2.24) is 19.7 Å². The third-order valence-electron chi connectivity index (χ3n) is 6.25. The van der Waals surface area contributed by atoms with Gasteiger partial charge in [-0.1, -0.05) is 6.07 Å². The normalized spacial score (nSPS) is 13.7. The molecule has 5 rings (SSSR count). The van der Waals surface area contributed by atoms with Crippen molar-refractivity contribution in [3.63, 3.8) is 0 Å². The molecule has 1 aliphatic heterocycles. The maximum Gasteiger partial charge on any atom is 0.305 e. The first kappa shape index (κ1) is 22.8. The van der Waals surface area contributed by atoms with Crippen LogP contribution in [0.15, 0.2) is 55.0 Å². The predicted molar refractivity (Wildman–Crippen MR) is 132 cm³/mol. The molecular formula is C26H28N6O3. The number of carbonyl (C=O) groups is 1. The summed E-state index contributed by atoms with van der Waals surface area (Å²) in [7, 11) is 0. The van der Waals surface area contributed by atoms with Crippen LogP contribution < -0.4 is 15.8 Å². The Labute approximate surface area is 203 Å². The second kappa shape index (κ2) is 10.1. The standard InChI is InChI=1S/C26H28N6O3/c27-13-17-10-19(15-28-14-17)24(12-25(33)34)32-23-6-5-22(11-20(23)16-30-32)35-9-7-21-4-3-18-2-1-8-29-26(18)31-21/h3-6,10-11,14-16,24H,1-2,7-9,12-13,27H2,(H,29,31)(H,33,34). The minimum Gasteiger partial charge on any atom is -0.493 e. The lowest BCUT2D eigenvalue weighted by Gasteiger charge is -2.18. The number of pyridine rings is 2. The van der Waals surface area contributed by atoms with Crippen molar-refractivity contribution in [2.45, 2.75) is 38.3 Å². The van der Waals surface area contributed by atoms with Gasteiger partial charge in [-0.25, -0.2) is 4.98 Å². The van der Waals surface area contributed by atoms with Crippen molar-refractivity contribution >= 4 is 22.7 Å². The van der Waals surface area contributed by atoms with Gasteiger partial charge in [0.2, 0.25) is 0 Å². The van der Waals surface area contributed by atoms with Gasteiger partial charge in [0, 0.05) is 43.0 Å². The Morgan fingerprint density at radius 3 is 2.97 bits per heavy atom. The summed E-state index contributed by atoms with van der Waals surface area (Å²) >= 11 is 0. The van der Waals surface area contributed by atoms with Crippen LogP contribution in [0.3, 0.4) is 0 Å². The lowest BCUT2D eigenvalue weighted by Crippen LogP contribution is -2.17. The first-order valence-corrected chi connectivity index (χ1v) is 11.8. The van der Waals surface area contributed by atoms with E-state index in [1.807, 2.05) is 24.3 Å². The van der Waals surface area contributed by atoms with Crippen LogP contribution >= 0.6 is 0 Å². The zero-order valence-electron chi connectivity index (χ0n) is 19.4. The number of hydrogen-bond donors (Lipinski definition) is 3. The fourth-order valence-corrected chi connectivity index (χ4v) is 4.46. The second-order valence-electron chi connectivity index (χ2n) is 8.69. The van der Waals surface area contributed by atoms with Crippen LogP contribution in [0.4, 0.5) is 5.82 Å². The monoisotopic (exact) mass is 472 g/mol. The van der Waals surface area contributed by atoms with Gasteiger partial charge >= 0.3 is 5.97 Å². The zero-order chi connectivity index (χ0) is 24.2. The van der Waals surface area contributed by atoms with Gasteiger partial charge in [-0.05, 0) is 59.9 Å². The highest BCUT2D eigenvalue weighted by molar-refractivity contribution is 5.81. The number of nitrogens with zero attached hydrogens (tertiary/aromatic N) is 4. The second-order valence-corrected chi connectivity index (χ2v) is 8.69. The van der Waals surface area contributed by atoms with Crippen molar-refractivity contribution in [1.29, 1.82) is 0 Å². The Kier molecular flexibility index (Phi) is 6.58. The largest absolute Gasteiger partial charge is 0.493 e. The minimum atomic E-state index is -0.914. The Morgan fingerprint density at radius 1 is 1.20 bits per heavy atom. The number of carboxylic acids is 1. The topological polar surface area (TPSA) is 128 Å². The Hall–Kier alpha value is -3.98. The number of anilines is 1. The van der Waals surface area contributed by atoms with Crippen LogP contribution in [0.2, 0.25) is 0 Å². The van der Waals surface area contributed by atoms with Gasteiger partial charge in [0.1, 0.15) is 11.6 Å². The molecule has 4 N–H and O–H groups in total. The molecule has 0 aliphatic carbocycles. The number of aryl methyl sites for hydroxylation is 1. The van der Waals surface area contributed by atoms with E-state index in [1.54, 1.807) is 23.3 Å². The number of benzene rings is 1. The highest BCUT2D eigenvalue weighted by Gasteiger charge is 2.21. The van der Waals surface area contributed by atoms with Crippen molar-refractivity contribution < 1.29 is 14.6 Å². The Morgan fingerprint density at radius 2 is 2.11 bits per heavy atom. The average molecular weight is 473 g/mol. The van der Waals surface area contributed by atoms with E-state index in [2.05, 4.69) is 27.5 Å². The summed E-state index contributed by atoms with van der Waals surface area (Å²) in [5, 5.41) is 18.3. The highest BCUT2D eigenvalue weighted by atomic mass is 16.5. The van der Waals surface area contributed by atoms with Crippen molar-refractivity contribution in [3.8, 4) is 5.75 Å². The average Bonchev–Trinajstić information content (AvgIpc) is 3.30. The van der Waals surface area contributed by atoms with E-state index in [1.165, 1.54) is 5.56 Å². The van der Waals surface area contributed by atoms with E-state index < -0.39 is 12.0 Å². The van der Waals surface area contributed by atoms with Gasteiger partial charge in [0.15, 0.2) is 0 Å². The molecule has 0 saturated carbocycles. The zero-order valence-corrected chi connectivity index (χ0v) is 19.4. The van der Waals surface area contributed by atoms with E-state index >= 15 is 0 Å². The van der Waals surface area contributed by atoms with E-state index in [-0.39, 0.29) is 6.42 Å². The van der Waals surface area contributed by atoms with Crippen molar-refractivity contribution in [2.24, 2.45) is 5.73 Å². The molecule has 180 valence electrons. The van der Waals surface area contributed by atoms with Gasteiger partial charge in [0.25, 0.3) is 0 Å². The summed E-state index contributed by atoms with van der Waals surface area (Å²) < 4.78 is 7.73. The van der Waals surface area contributed by atoms with Crippen LogP contribution in [0.25, 0.3) is 10.9 Å². The molecule has 4 aromatic rings. The number of ether oxygens (including phenoxy) is 1. The van der Waals surface area contributed by atoms with Crippen LogP contribution in [0.1, 0.15) is 41.3 Å². The van der Waals surface area contributed by atoms with Crippen LogP contribution in [-0.2, 0) is 24.2 Å². The van der Waals surface area contributed by atoms with Gasteiger partial charge in [-0.2, -0.15) is 5.10 Å². The third kappa shape index (κ3) is 5.09. The predicted octanol–water partition coefficient (Wildman–Crippen LogP) is 3.33. The van der Waals surface area contributed by atoms with E-state index in [0.717, 1.165) is 58.7 Å². The maximum absolute atomic E-state index is 11.6. The number of hydrogen-bond acceptors (Lipinski definition) is 7. The van der Waals surface area contributed by atoms with E-state index in [0.29, 0.717) is 19.6 Å². The Balaban J connectivity index is 1.32. The molecule has 3 aromatic heterocycles. The molecule has 0 fully saturated rings. The molecule has 35 heavy (non-hydrogen) atoms. The third-order valence-corrected chi connectivity index (χ3v) is 6.25. The van der Waals surface area contributed by atoms with Gasteiger partial charge in [-0.15, -0.1) is 0 Å². The fourth-order valence-electron chi connectivity index (χ4n) is 4.46. The van der Waals surface area contributed by atoms with Gasteiger partial charge < -0.3 is 20.9 Å². The highest BCUT2D eigenvalue weighted by Crippen LogP contribution is 2.29. The molecule has 1 aromatic carbocycles. The molecule has 0 radical (unpaired) electrons. The minimum absolute atomic E-state index is 0.118. The summed E-state index contributed by atoms with van der Waals surface area (Å²) in [5.74, 6) is 0.808. The summed E-state index contributed by atoms with van der Waals surface area (Å²) in [4.78, 5) is 20.6. The van der Waals surface area contributed by atoms with Crippen molar-refractivity contribution in [2.75, 3.05) is 18.5 Å². The first-order chi connectivity index (χ1) is 17.1. The van der Waals surface area contributed by atoms with Crippen molar-refractivity contribution in [3.05, 3.63) is 77.4 Å². The summed E-state index contributed by atoms with van der Waals surface area (Å²) in [5.41, 5.74) is 10.4. The molecule has 1 atom stereocenters. The Bertz CT molecular complexity index is 1350. The number of carboxylic acid groups (broad SMARTS) is 1. The summed E-state index contributed by atoms with van der Waals surface area (Å²) in [6, 6.07) is 11.3. The van der Waals surface area contributed by atoms with Crippen LogP contribution in [0, 0.1) is 0 Å². The molecule has 0 spiro atoms. The lowest BCUT2D eigenvalue weighted by atomic mass is 10.0. The summed E-state index contributed by atoms with van der Waals surface area (Å²) in [6.45, 7) is 1.80. The molecule has 4 heterocycles. The fraction of sp³-hybridized carbons (Fsp3) is 0.308. The summed E-state index contributed by atoms with van der Waals surface area (Å²) in [6.07, 6.45) is 7.88. The van der Waals surface area contributed by atoms with Gasteiger partial charge in [0.05, 0.1) is 30.8 Å². The maximum atomic E-state index is 11.6.